The molecule has 0 unspecified atom stereocenters. The van der Waals surface area contributed by atoms with Crippen molar-refractivity contribution in [2.24, 2.45) is 0 Å². The van der Waals surface area contributed by atoms with Gasteiger partial charge in [0.25, 0.3) is 0 Å². The van der Waals surface area contributed by atoms with E-state index in [1.807, 2.05) is 0 Å². The van der Waals surface area contributed by atoms with Gasteiger partial charge in [-0.1, -0.05) is 20.8 Å². The first-order valence-electron chi connectivity index (χ1n) is 6.39. The zero-order chi connectivity index (χ0) is 14.2. The summed E-state index contributed by atoms with van der Waals surface area (Å²) in [4.78, 5) is 36.3. The highest BCUT2D eigenvalue weighted by Gasteiger charge is 2.54. The minimum Gasteiger partial charge on any atom is -0.398 e. The molecular formula is C12H23NO4Si. The van der Waals surface area contributed by atoms with E-state index in [9.17, 15) is 14.4 Å². The van der Waals surface area contributed by atoms with Gasteiger partial charge in [-0.25, -0.2) is 0 Å². The molecule has 0 aromatic carbocycles. The number of hydrogen-bond donors (Lipinski definition) is 1. The average Bonchev–Trinajstić information content (AvgIpc) is 2.41. The van der Waals surface area contributed by atoms with E-state index < -0.39 is 8.32 Å². The summed E-state index contributed by atoms with van der Waals surface area (Å²) in [5.41, 5.74) is 0. The number of carbonyl (C=O) groups is 3. The van der Waals surface area contributed by atoms with E-state index >= 15 is 0 Å². The summed E-state index contributed by atoms with van der Waals surface area (Å²) in [6.07, 6.45) is 0.510. The van der Waals surface area contributed by atoms with E-state index in [1.54, 1.807) is 27.8 Å². The molecule has 0 fully saturated rings. The molecule has 0 aliphatic carbocycles. The van der Waals surface area contributed by atoms with E-state index in [1.165, 1.54) is 0 Å². The maximum absolute atomic E-state index is 12.1. The van der Waals surface area contributed by atoms with Crippen LogP contribution in [0, 0.1) is 0 Å². The Hall–Kier alpha value is -0.853. The van der Waals surface area contributed by atoms with Crippen LogP contribution >= 0.6 is 0 Å². The van der Waals surface area contributed by atoms with Crippen LogP contribution in [0.5, 0.6) is 0 Å². The fourth-order valence-electron chi connectivity index (χ4n) is 1.76. The van der Waals surface area contributed by atoms with Crippen molar-refractivity contribution in [3.05, 3.63) is 0 Å². The van der Waals surface area contributed by atoms with Crippen LogP contribution in [0.3, 0.4) is 0 Å². The van der Waals surface area contributed by atoms with E-state index in [-0.39, 0.29) is 42.1 Å². The third-order valence-corrected chi connectivity index (χ3v) is 6.87. The molecule has 0 aliphatic rings. The van der Waals surface area contributed by atoms with Gasteiger partial charge in [0, 0.05) is 32.4 Å². The number of likely N-dealkylation sites (N-methyl/N-ethyl adjacent to an activating group) is 1. The lowest BCUT2D eigenvalue weighted by Gasteiger charge is -2.26. The molecule has 0 rings (SSSR count). The van der Waals surface area contributed by atoms with Crippen LogP contribution in [-0.4, -0.2) is 44.7 Å². The molecule has 0 atom stereocenters. The number of rotatable bonds is 10. The quantitative estimate of drug-likeness (QED) is 0.469. The van der Waals surface area contributed by atoms with Crippen molar-refractivity contribution in [1.29, 1.82) is 0 Å². The van der Waals surface area contributed by atoms with Gasteiger partial charge in [0.1, 0.15) is 0 Å². The molecule has 1 N–H and O–H groups in total. The van der Waals surface area contributed by atoms with Crippen molar-refractivity contribution in [3.8, 4) is 0 Å². The Balaban J connectivity index is 5.33. The first kappa shape index (κ1) is 17.1. The Morgan fingerprint density at radius 1 is 0.944 bits per heavy atom. The lowest BCUT2D eigenvalue weighted by Crippen LogP contribution is -2.62. The van der Waals surface area contributed by atoms with Crippen LogP contribution in [0.25, 0.3) is 0 Å². The van der Waals surface area contributed by atoms with Gasteiger partial charge in [-0.15, -0.1) is 0 Å². The molecule has 5 nitrogen and oxygen atoms in total. The van der Waals surface area contributed by atoms with Crippen LogP contribution in [0.15, 0.2) is 0 Å². The van der Waals surface area contributed by atoms with Crippen molar-refractivity contribution in [1.82, 2.24) is 5.32 Å². The minimum atomic E-state index is -3.60. The highest BCUT2D eigenvalue weighted by molar-refractivity contribution is 7.37. The summed E-state index contributed by atoms with van der Waals surface area (Å²) in [7, 11) is -1.85. The Labute approximate surface area is 109 Å². The van der Waals surface area contributed by atoms with Gasteiger partial charge in [0.2, 0.25) is 0 Å². The van der Waals surface area contributed by atoms with E-state index in [4.69, 9.17) is 4.43 Å². The molecular weight excluding hydrogens is 250 g/mol. The molecule has 0 heterocycles. The molecule has 0 aromatic rings. The molecule has 0 amide bonds. The van der Waals surface area contributed by atoms with E-state index in [0.717, 1.165) is 0 Å². The highest BCUT2D eigenvalue weighted by Crippen LogP contribution is 2.16. The topological polar surface area (TPSA) is 72.5 Å². The summed E-state index contributed by atoms with van der Waals surface area (Å²) in [5.74, 6) is 0. The minimum absolute atomic E-state index is 0.170. The van der Waals surface area contributed by atoms with Crippen LogP contribution in [0.4, 0.5) is 0 Å². The SMILES string of the molecule is CCC(=O)[Si](OCCNC)(C(=O)CC)C(=O)CC. The summed E-state index contributed by atoms with van der Waals surface area (Å²) in [6, 6.07) is 0. The van der Waals surface area contributed by atoms with Crippen molar-refractivity contribution in [2.75, 3.05) is 20.2 Å². The van der Waals surface area contributed by atoms with Gasteiger partial charge >= 0.3 is 8.32 Å². The summed E-state index contributed by atoms with van der Waals surface area (Å²) >= 11 is 0. The van der Waals surface area contributed by atoms with Crippen LogP contribution in [0.1, 0.15) is 40.0 Å². The van der Waals surface area contributed by atoms with Crippen molar-refractivity contribution < 1.29 is 18.8 Å². The third-order valence-electron chi connectivity index (χ3n) is 2.81. The lowest BCUT2D eigenvalue weighted by molar-refractivity contribution is -0.122. The predicted octanol–water partition coefficient (Wildman–Crippen LogP) is 0.723. The second-order valence-corrected chi connectivity index (χ2v) is 7.29. The molecule has 6 heteroatoms. The zero-order valence-corrected chi connectivity index (χ0v) is 12.7. The Morgan fingerprint density at radius 2 is 1.33 bits per heavy atom. The fourth-order valence-corrected chi connectivity index (χ4v) is 5.08. The van der Waals surface area contributed by atoms with E-state index in [0.29, 0.717) is 6.54 Å². The summed E-state index contributed by atoms with van der Waals surface area (Å²) in [5, 5.41) is 1.95. The summed E-state index contributed by atoms with van der Waals surface area (Å²) in [6.45, 7) is 5.72. The molecule has 0 aliphatic heterocycles. The molecule has 0 saturated carbocycles. The molecule has 18 heavy (non-hydrogen) atoms. The van der Waals surface area contributed by atoms with Crippen LogP contribution in [-0.2, 0) is 18.8 Å². The van der Waals surface area contributed by atoms with Gasteiger partial charge < -0.3 is 24.1 Å². The average molecular weight is 273 g/mol. The maximum atomic E-state index is 12.1. The molecule has 0 aromatic heterocycles. The number of nitrogens with one attached hydrogen (secondary N) is 1. The van der Waals surface area contributed by atoms with Gasteiger partial charge in [-0.3, -0.25) is 0 Å². The molecule has 0 spiro atoms. The second kappa shape index (κ2) is 8.28. The molecule has 0 bridgehead atoms. The number of hydrogen-bond acceptors (Lipinski definition) is 5. The summed E-state index contributed by atoms with van der Waals surface area (Å²) < 4.78 is 5.56. The van der Waals surface area contributed by atoms with Gasteiger partial charge in [-0.05, 0) is 7.05 Å². The number of carbonyl (C=O) groups excluding carboxylic acids is 3. The van der Waals surface area contributed by atoms with Crippen molar-refractivity contribution >= 4 is 24.5 Å². The van der Waals surface area contributed by atoms with Crippen molar-refractivity contribution in [3.63, 3.8) is 0 Å². The predicted molar refractivity (Wildman–Crippen MR) is 71.5 cm³/mol. The Morgan fingerprint density at radius 3 is 1.61 bits per heavy atom. The smallest absolute Gasteiger partial charge is 0.398 e. The molecule has 104 valence electrons. The zero-order valence-electron chi connectivity index (χ0n) is 11.7. The van der Waals surface area contributed by atoms with Gasteiger partial charge in [0.15, 0.2) is 16.2 Å². The van der Waals surface area contributed by atoms with Gasteiger partial charge in [0.05, 0.1) is 0 Å². The Bertz CT molecular complexity index is 276. The monoisotopic (exact) mass is 273 g/mol. The van der Waals surface area contributed by atoms with E-state index in [2.05, 4.69) is 5.32 Å². The first-order valence-corrected chi connectivity index (χ1v) is 8.30. The first-order chi connectivity index (χ1) is 8.50. The fraction of sp³-hybridized carbons (Fsp3) is 0.750. The van der Waals surface area contributed by atoms with Crippen molar-refractivity contribution in [2.45, 2.75) is 40.0 Å². The highest BCUT2D eigenvalue weighted by atomic mass is 28.4. The second-order valence-electron chi connectivity index (χ2n) is 3.96. The Kier molecular flexibility index (Phi) is 7.89. The molecule has 0 saturated heterocycles. The van der Waals surface area contributed by atoms with Crippen LogP contribution < -0.4 is 5.32 Å². The lowest BCUT2D eigenvalue weighted by atomic mass is 10.5. The maximum Gasteiger partial charge on any atom is 0.401 e. The van der Waals surface area contributed by atoms with Crippen LogP contribution in [0.2, 0.25) is 0 Å². The molecule has 0 radical (unpaired) electrons. The normalized spacial score (nSPS) is 11.3. The largest absolute Gasteiger partial charge is 0.401 e. The standard InChI is InChI=1S/C12H23NO4Si/c1-5-10(14)18(11(15)6-2,12(16)7-3)17-9-8-13-4/h13H,5-9H2,1-4H3. The third kappa shape index (κ3) is 3.57. The van der Waals surface area contributed by atoms with Gasteiger partial charge in [-0.2, -0.15) is 0 Å².